The topological polar surface area (TPSA) is 47.0 Å². The maximum absolute atomic E-state index is 6.48. The Kier molecular flexibility index (Phi) is 3.49. The number of nitrogens with zero attached hydrogens (tertiary/aromatic N) is 2. The highest BCUT2D eigenvalue weighted by Gasteiger charge is 2.31. The normalized spacial score (nSPS) is 20.6. The Morgan fingerprint density at radius 1 is 1.30 bits per heavy atom. The zero-order valence-corrected chi connectivity index (χ0v) is 12.2. The molecule has 2 atom stereocenters. The predicted octanol–water partition coefficient (Wildman–Crippen LogP) is 3.11. The molecule has 2 unspecified atom stereocenters. The number of hydrogen-bond acceptors (Lipinski definition) is 4. The summed E-state index contributed by atoms with van der Waals surface area (Å²) in [5.74, 6) is 1.35. The van der Waals surface area contributed by atoms with E-state index in [1.807, 2.05) is 19.1 Å². The second-order valence-corrected chi connectivity index (χ2v) is 5.46. The van der Waals surface area contributed by atoms with Gasteiger partial charge in [-0.25, -0.2) is 9.97 Å². The highest BCUT2D eigenvalue weighted by Crippen LogP contribution is 2.37. The first kappa shape index (κ1) is 13.2. The fraction of sp³-hybridized carbons (Fsp3) is 0.333. The van der Waals surface area contributed by atoms with E-state index in [0.29, 0.717) is 5.88 Å². The highest BCUT2D eigenvalue weighted by molar-refractivity contribution is 6.21. The van der Waals surface area contributed by atoms with Crippen LogP contribution in [0.4, 0.5) is 5.82 Å². The summed E-state index contributed by atoms with van der Waals surface area (Å²) in [6.45, 7) is 1.94. The lowest BCUT2D eigenvalue weighted by atomic mass is 10.1. The van der Waals surface area contributed by atoms with Gasteiger partial charge in [0, 0.05) is 0 Å². The first-order valence-electron chi connectivity index (χ1n) is 6.54. The van der Waals surface area contributed by atoms with Gasteiger partial charge in [-0.1, -0.05) is 24.3 Å². The minimum absolute atomic E-state index is 0.0211. The van der Waals surface area contributed by atoms with Gasteiger partial charge < -0.3 is 10.1 Å². The number of ether oxygens (including phenoxy) is 1. The average molecular weight is 290 g/mol. The first-order valence-corrected chi connectivity index (χ1v) is 6.98. The third kappa shape index (κ3) is 2.20. The molecule has 5 heteroatoms. The summed E-state index contributed by atoms with van der Waals surface area (Å²) in [6.07, 6.45) is 2.37. The Labute approximate surface area is 123 Å². The van der Waals surface area contributed by atoms with Gasteiger partial charge in [-0.05, 0) is 24.5 Å². The van der Waals surface area contributed by atoms with E-state index in [0.717, 1.165) is 17.8 Å². The van der Waals surface area contributed by atoms with Gasteiger partial charge in [0.2, 0.25) is 5.88 Å². The van der Waals surface area contributed by atoms with Crippen molar-refractivity contribution in [2.75, 3.05) is 12.4 Å². The van der Waals surface area contributed by atoms with Gasteiger partial charge in [-0.15, -0.1) is 11.6 Å². The predicted molar refractivity (Wildman–Crippen MR) is 79.5 cm³/mol. The molecule has 0 saturated heterocycles. The number of methoxy groups -OCH3 is 1. The van der Waals surface area contributed by atoms with Crippen molar-refractivity contribution in [2.24, 2.45) is 0 Å². The quantitative estimate of drug-likeness (QED) is 0.882. The molecule has 0 bridgehead atoms. The summed E-state index contributed by atoms with van der Waals surface area (Å²) in [5.41, 5.74) is 3.43. The smallest absolute Gasteiger partial charge is 0.221 e. The molecule has 104 valence electrons. The second kappa shape index (κ2) is 5.29. The van der Waals surface area contributed by atoms with Crippen molar-refractivity contribution in [3.05, 3.63) is 47.3 Å². The molecule has 1 aliphatic rings. The zero-order chi connectivity index (χ0) is 14.1. The molecule has 3 rings (SSSR count). The largest absolute Gasteiger partial charge is 0.481 e. The Balaban J connectivity index is 1.92. The van der Waals surface area contributed by atoms with Crippen LogP contribution in [-0.2, 0) is 6.42 Å². The number of nitrogens with one attached hydrogen (secondary N) is 1. The van der Waals surface area contributed by atoms with Crippen LogP contribution in [0.2, 0.25) is 0 Å². The third-order valence-corrected chi connectivity index (χ3v) is 4.10. The fourth-order valence-corrected chi connectivity index (χ4v) is 3.01. The Hall–Kier alpha value is -1.81. The lowest BCUT2D eigenvalue weighted by Crippen LogP contribution is -2.18. The SMILES string of the molecule is COc1ncnc(NC2c3ccccc3CC2Cl)c1C. The van der Waals surface area contributed by atoms with Crippen molar-refractivity contribution in [1.82, 2.24) is 9.97 Å². The van der Waals surface area contributed by atoms with Crippen LogP contribution < -0.4 is 10.1 Å². The standard InChI is InChI=1S/C15H16ClN3O/c1-9-14(17-8-18-15(9)20-2)19-13-11-6-4-3-5-10(11)7-12(13)16/h3-6,8,12-13H,7H2,1-2H3,(H,17,18,19). The number of aromatic nitrogens is 2. The molecule has 1 aromatic carbocycles. The van der Waals surface area contributed by atoms with Gasteiger partial charge in [0.15, 0.2) is 0 Å². The molecule has 2 aromatic rings. The molecular formula is C15H16ClN3O. The summed E-state index contributed by atoms with van der Waals surface area (Å²) < 4.78 is 5.22. The maximum atomic E-state index is 6.48. The monoisotopic (exact) mass is 289 g/mol. The molecule has 0 aliphatic heterocycles. The van der Waals surface area contributed by atoms with Crippen molar-refractivity contribution in [3.63, 3.8) is 0 Å². The van der Waals surface area contributed by atoms with Gasteiger partial charge in [0.1, 0.15) is 12.1 Å². The molecule has 0 fully saturated rings. The van der Waals surface area contributed by atoms with Gasteiger partial charge in [-0.2, -0.15) is 0 Å². The zero-order valence-electron chi connectivity index (χ0n) is 11.4. The van der Waals surface area contributed by atoms with E-state index in [4.69, 9.17) is 16.3 Å². The number of fused-ring (bicyclic) bond motifs is 1. The van der Waals surface area contributed by atoms with Crippen molar-refractivity contribution in [3.8, 4) is 5.88 Å². The molecule has 1 aromatic heterocycles. The maximum Gasteiger partial charge on any atom is 0.221 e. The van der Waals surface area contributed by atoms with E-state index in [2.05, 4.69) is 27.4 Å². The van der Waals surface area contributed by atoms with E-state index >= 15 is 0 Å². The Bertz CT molecular complexity index is 632. The molecule has 20 heavy (non-hydrogen) atoms. The molecule has 0 saturated carbocycles. The van der Waals surface area contributed by atoms with Crippen LogP contribution in [-0.4, -0.2) is 22.5 Å². The lowest BCUT2D eigenvalue weighted by molar-refractivity contribution is 0.393. The Morgan fingerprint density at radius 2 is 2.10 bits per heavy atom. The van der Waals surface area contributed by atoms with Crippen LogP contribution in [0.15, 0.2) is 30.6 Å². The second-order valence-electron chi connectivity index (χ2n) is 4.90. The molecule has 4 nitrogen and oxygen atoms in total. The Morgan fingerprint density at radius 3 is 2.90 bits per heavy atom. The van der Waals surface area contributed by atoms with E-state index in [1.54, 1.807) is 7.11 Å². The van der Waals surface area contributed by atoms with Crippen LogP contribution in [0.3, 0.4) is 0 Å². The van der Waals surface area contributed by atoms with Crippen molar-refractivity contribution in [1.29, 1.82) is 0 Å². The molecular weight excluding hydrogens is 274 g/mol. The van der Waals surface area contributed by atoms with Crippen LogP contribution in [0.1, 0.15) is 22.7 Å². The average Bonchev–Trinajstić information content (AvgIpc) is 2.77. The minimum Gasteiger partial charge on any atom is -0.481 e. The highest BCUT2D eigenvalue weighted by atomic mass is 35.5. The molecule has 1 heterocycles. The van der Waals surface area contributed by atoms with Crippen LogP contribution in [0.25, 0.3) is 0 Å². The van der Waals surface area contributed by atoms with Crippen LogP contribution >= 0.6 is 11.6 Å². The number of hydrogen-bond donors (Lipinski definition) is 1. The van der Waals surface area contributed by atoms with Crippen LogP contribution in [0, 0.1) is 6.92 Å². The van der Waals surface area contributed by atoms with Gasteiger partial charge >= 0.3 is 0 Å². The number of alkyl halides is 1. The van der Waals surface area contributed by atoms with Gasteiger partial charge in [-0.3, -0.25) is 0 Å². The molecule has 1 aliphatic carbocycles. The van der Waals surface area contributed by atoms with Crippen LogP contribution in [0.5, 0.6) is 5.88 Å². The van der Waals surface area contributed by atoms with E-state index < -0.39 is 0 Å². The summed E-state index contributed by atoms with van der Waals surface area (Å²) in [7, 11) is 1.61. The minimum atomic E-state index is 0.0211. The van der Waals surface area contributed by atoms with E-state index in [9.17, 15) is 0 Å². The van der Waals surface area contributed by atoms with Crippen molar-refractivity contribution >= 4 is 17.4 Å². The van der Waals surface area contributed by atoms with Crippen molar-refractivity contribution < 1.29 is 4.74 Å². The summed E-state index contributed by atoms with van der Waals surface area (Å²) in [5, 5.41) is 3.45. The number of halogens is 1. The molecule has 0 spiro atoms. The first-order chi connectivity index (χ1) is 9.70. The molecule has 0 amide bonds. The molecule has 1 N–H and O–H groups in total. The number of anilines is 1. The summed E-state index contributed by atoms with van der Waals surface area (Å²) >= 11 is 6.48. The summed E-state index contributed by atoms with van der Waals surface area (Å²) in [4.78, 5) is 8.39. The third-order valence-electron chi connectivity index (χ3n) is 3.69. The lowest BCUT2D eigenvalue weighted by Gasteiger charge is -2.19. The molecule has 0 radical (unpaired) electrons. The van der Waals surface area contributed by atoms with E-state index in [-0.39, 0.29) is 11.4 Å². The van der Waals surface area contributed by atoms with E-state index in [1.165, 1.54) is 17.5 Å². The van der Waals surface area contributed by atoms with Crippen molar-refractivity contribution in [2.45, 2.75) is 24.8 Å². The summed E-state index contributed by atoms with van der Waals surface area (Å²) in [6, 6.07) is 8.38. The number of benzene rings is 1. The number of rotatable bonds is 3. The van der Waals surface area contributed by atoms with Gasteiger partial charge in [0.05, 0.1) is 24.1 Å². The fourth-order valence-electron chi connectivity index (χ4n) is 2.65. The van der Waals surface area contributed by atoms with Gasteiger partial charge in [0.25, 0.3) is 0 Å².